The monoisotopic (exact) mass is 362 g/mol. The minimum Gasteiger partial charge on any atom is -0.497 e. The van der Waals surface area contributed by atoms with E-state index in [-0.39, 0.29) is 5.54 Å². The fraction of sp³-hybridized carbons (Fsp3) is 0.714. The van der Waals surface area contributed by atoms with Crippen molar-refractivity contribution in [1.82, 2.24) is 9.80 Å². The third-order valence-corrected chi connectivity index (χ3v) is 5.61. The number of rotatable bonds is 7. The van der Waals surface area contributed by atoms with Gasteiger partial charge in [0.15, 0.2) is 0 Å². The molecule has 1 atom stereocenters. The quantitative estimate of drug-likeness (QED) is 0.745. The van der Waals surface area contributed by atoms with Gasteiger partial charge >= 0.3 is 0 Å². The predicted octanol–water partition coefficient (Wildman–Crippen LogP) is 2.90. The van der Waals surface area contributed by atoms with Gasteiger partial charge in [0.1, 0.15) is 11.5 Å². The molecular weight excluding hydrogens is 328 g/mol. The standard InChI is InChI=1S/C21H34N2O3/c1-21(2,23-10-12-25-13-11-23)17-22-9-5-6-18(15-22)16-26-20-8-4-7-19(14-20)24-3/h4,7-8,14,18H,5-6,9-13,15-17H2,1-3H3. The number of methoxy groups -OCH3 is 1. The number of nitrogens with zero attached hydrogens (tertiary/aromatic N) is 2. The Balaban J connectivity index is 1.48. The molecule has 0 bridgehead atoms. The average molecular weight is 363 g/mol. The molecule has 0 aromatic heterocycles. The molecule has 2 fully saturated rings. The van der Waals surface area contributed by atoms with Gasteiger partial charge in [0.2, 0.25) is 0 Å². The number of benzene rings is 1. The summed E-state index contributed by atoms with van der Waals surface area (Å²) >= 11 is 0. The van der Waals surface area contributed by atoms with Crippen molar-refractivity contribution in [2.24, 2.45) is 5.92 Å². The molecule has 1 aromatic rings. The van der Waals surface area contributed by atoms with Crippen molar-refractivity contribution < 1.29 is 14.2 Å². The van der Waals surface area contributed by atoms with Crippen molar-refractivity contribution in [2.75, 3.05) is 59.7 Å². The van der Waals surface area contributed by atoms with Crippen molar-refractivity contribution in [3.05, 3.63) is 24.3 Å². The molecule has 0 aliphatic carbocycles. The number of hydrogen-bond donors (Lipinski definition) is 0. The highest BCUT2D eigenvalue weighted by Crippen LogP contribution is 2.24. The lowest BCUT2D eigenvalue weighted by Crippen LogP contribution is -2.56. The lowest BCUT2D eigenvalue weighted by atomic mass is 9.95. The second-order valence-corrected chi connectivity index (χ2v) is 8.15. The third-order valence-electron chi connectivity index (χ3n) is 5.61. The van der Waals surface area contributed by atoms with Gasteiger partial charge in [0.05, 0.1) is 26.9 Å². The fourth-order valence-corrected chi connectivity index (χ4v) is 4.15. The molecule has 2 aliphatic heterocycles. The molecule has 1 aromatic carbocycles. The Labute approximate surface area is 158 Å². The van der Waals surface area contributed by atoms with Crippen molar-refractivity contribution in [2.45, 2.75) is 32.2 Å². The third kappa shape index (κ3) is 5.35. The van der Waals surface area contributed by atoms with Crippen LogP contribution in [0.25, 0.3) is 0 Å². The van der Waals surface area contributed by atoms with E-state index in [0.717, 1.165) is 57.5 Å². The van der Waals surface area contributed by atoms with E-state index in [9.17, 15) is 0 Å². The highest BCUT2D eigenvalue weighted by Gasteiger charge is 2.32. The van der Waals surface area contributed by atoms with Crippen LogP contribution in [0.5, 0.6) is 11.5 Å². The van der Waals surface area contributed by atoms with E-state index in [4.69, 9.17) is 14.2 Å². The van der Waals surface area contributed by atoms with Crippen molar-refractivity contribution in [3.8, 4) is 11.5 Å². The first-order valence-corrected chi connectivity index (χ1v) is 9.89. The molecule has 0 amide bonds. The minimum absolute atomic E-state index is 0.194. The topological polar surface area (TPSA) is 34.2 Å². The second-order valence-electron chi connectivity index (χ2n) is 8.15. The van der Waals surface area contributed by atoms with Gasteiger partial charge in [0.25, 0.3) is 0 Å². The Hall–Kier alpha value is -1.30. The van der Waals surface area contributed by atoms with E-state index in [1.54, 1.807) is 7.11 Å². The zero-order chi connectivity index (χ0) is 18.4. The van der Waals surface area contributed by atoms with E-state index >= 15 is 0 Å². The first-order chi connectivity index (χ1) is 12.6. The molecule has 0 radical (unpaired) electrons. The van der Waals surface area contributed by atoms with Gasteiger partial charge in [-0.15, -0.1) is 0 Å². The van der Waals surface area contributed by atoms with Crippen LogP contribution in [-0.2, 0) is 4.74 Å². The summed E-state index contributed by atoms with van der Waals surface area (Å²) in [5.74, 6) is 2.34. The van der Waals surface area contributed by atoms with Gasteiger partial charge in [-0.2, -0.15) is 0 Å². The molecule has 146 valence electrons. The Morgan fingerprint density at radius 1 is 1.15 bits per heavy atom. The van der Waals surface area contributed by atoms with Crippen molar-refractivity contribution in [1.29, 1.82) is 0 Å². The Bertz CT molecular complexity index is 558. The zero-order valence-corrected chi connectivity index (χ0v) is 16.6. The summed E-state index contributed by atoms with van der Waals surface area (Å²) in [5.41, 5.74) is 0.194. The largest absolute Gasteiger partial charge is 0.497 e. The molecule has 1 unspecified atom stereocenters. The van der Waals surface area contributed by atoms with Crippen molar-refractivity contribution >= 4 is 0 Å². The van der Waals surface area contributed by atoms with E-state index in [0.29, 0.717) is 5.92 Å². The number of hydrogen-bond acceptors (Lipinski definition) is 5. The maximum absolute atomic E-state index is 6.05. The minimum atomic E-state index is 0.194. The summed E-state index contributed by atoms with van der Waals surface area (Å²) in [5, 5.41) is 0. The first kappa shape index (κ1) is 19.5. The van der Waals surface area contributed by atoms with Gasteiger partial charge < -0.3 is 19.1 Å². The van der Waals surface area contributed by atoms with E-state index in [1.165, 1.54) is 19.4 Å². The summed E-state index contributed by atoms with van der Waals surface area (Å²) in [6, 6.07) is 7.89. The van der Waals surface area contributed by atoms with Crippen LogP contribution in [0.3, 0.4) is 0 Å². The second kappa shape index (κ2) is 9.07. The maximum Gasteiger partial charge on any atom is 0.122 e. The molecule has 5 heteroatoms. The van der Waals surface area contributed by atoms with E-state index < -0.39 is 0 Å². The maximum atomic E-state index is 6.05. The summed E-state index contributed by atoms with van der Waals surface area (Å²) in [4.78, 5) is 5.20. The zero-order valence-electron chi connectivity index (χ0n) is 16.6. The van der Waals surface area contributed by atoms with Crippen LogP contribution in [0, 0.1) is 5.92 Å². The van der Waals surface area contributed by atoms with Gasteiger partial charge in [-0.05, 0) is 45.4 Å². The Morgan fingerprint density at radius 2 is 1.92 bits per heavy atom. The average Bonchev–Trinajstić information content (AvgIpc) is 2.67. The van der Waals surface area contributed by atoms with Gasteiger partial charge in [-0.1, -0.05) is 6.07 Å². The molecule has 2 saturated heterocycles. The molecule has 0 spiro atoms. The SMILES string of the molecule is COc1cccc(OCC2CCCN(CC(C)(C)N3CCOCC3)C2)c1. The van der Waals surface area contributed by atoms with Crippen LogP contribution in [0.2, 0.25) is 0 Å². The van der Waals surface area contributed by atoms with Gasteiger partial charge in [-0.25, -0.2) is 0 Å². The summed E-state index contributed by atoms with van der Waals surface area (Å²) in [6.07, 6.45) is 2.50. The molecule has 0 saturated carbocycles. The van der Waals surface area contributed by atoms with Gasteiger partial charge in [-0.3, -0.25) is 4.90 Å². The lowest BCUT2D eigenvalue weighted by Gasteiger charge is -2.45. The van der Waals surface area contributed by atoms with E-state index in [1.807, 2.05) is 24.3 Å². The van der Waals surface area contributed by atoms with Gasteiger partial charge in [0, 0.05) is 43.7 Å². The normalized spacial score (nSPS) is 23.0. The Morgan fingerprint density at radius 3 is 2.69 bits per heavy atom. The highest BCUT2D eigenvalue weighted by atomic mass is 16.5. The molecular formula is C21H34N2O3. The summed E-state index contributed by atoms with van der Waals surface area (Å²) < 4.78 is 16.8. The molecule has 2 heterocycles. The first-order valence-electron chi connectivity index (χ1n) is 9.89. The van der Waals surface area contributed by atoms with Crippen LogP contribution in [-0.4, -0.2) is 75.0 Å². The number of likely N-dealkylation sites (tertiary alicyclic amines) is 1. The molecule has 0 N–H and O–H groups in total. The van der Waals surface area contributed by atoms with Crippen LogP contribution >= 0.6 is 0 Å². The molecule has 5 nitrogen and oxygen atoms in total. The Kier molecular flexibility index (Phi) is 6.79. The van der Waals surface area contributed by atoms with Crippen molar-refractivity contribution in [3.63, 3.8) is 0 Å². The smallest absolute Gasteiger partial charge is 0.122 e. The predicted molar refractivity (Wildman–Crippen MR) is 104 cm³/mol. The number of ether oxygens (including phenoxy) is 3. The molecule has 2 aliphatic rings. The fourth-order valence-electron chi connectivity index (χ4n) is 4.15. The highest BCUT2D eigenvalue weighted by molar-refractivity contribution is 5.32. The van der Waals surface area contributed by atoms with Crippen LogP contribution in [0.1, 0.15) is 26.7 Å². The molecule has 26 heavy (non-hydrogen) atoms. The van der Waals surface area contributed by atoms with Crippen LogP contribution in [0.4, 0.5) is 0 Å². The summed E-state index contributed by atoms with van der Waals surface area (Å²) in [6.45, 7) is 12.8. The molecule has 3 rings (SSSR count). The lowest BCUT2D eigenvalue weighted by molar-refractivity contribution is -0.0267. The van der Waals surface area contributed by atoms with Crippen LogP contribution in [0.15, 0.2) is 24.3 Å². The number of piperidine rings is 1. The summed E-state index contributed by atoms with van der Waals surface area (Å²) in [7, 11) is 1.69. The number of morpholine rings is 1. The van der Waals surface area contributed by atoms with Crippen LogP contribution < -0.4 is 9.47 Å². The van der Waals surface area contributed by atoms with E-state index in [2.05, 4.69) is 23.6 Å².